The fourth-order valence-corrected chi connectivity index (χ4v) is 1.57. The summed E-state index contributed by atoms with van der Waals surface area (Å²) in [5.74, 6) is -2.67. The maximum absolute atomic E-state index is 13.0. The Morgan fingerprint density at radius 1 is 1.37 bits per heavy atom. The van der Waals surface area contributed by atoms with E-state index in [0.717, 1.165) is 12.1 Å². The quantitative estimate of drug-likeness (QED) is 0.863. The van der Waals surface area contributed by atoms with Crippen molar-refractivity contribution in [1.82, 2.24) is 4.90 Å². The monoisotopic (exact) mass is 269 g/mol. The van der Waals surface area contributed by atoms with E-state index in [1.165, 1.54) is 6.07 Å². The predicted molar refractivity (Wildman–Crippen MR) is 69.7 cm³/mol. The van der Waals surface area contributed by atoms with Gasteiger partial charge in [0.1, 0.15) is 0 Å². The van der Waals surface area contributed by atoms with Gasteiger partial charge in [0.05, 0.1) is 6.54 Å². The first kappa shape index (κ1) is 15.3. The van der Waals surface area contributed by atoms with E-state index < -0.39 is 17.6 Å². The number of hydrogen-bond acceptors (Lipinski definition) is 2. The van der Waals surface area contributed by atoms with Crippen LogP contribution in [-0.2, 0) is 4.79 Å². The first-order valence-electron chi connectivity index (χ1n) is 5.97. The Kier molecular flexibility index (Phi) is 5.63. The summed E-state index contributed by atoms with van der Waals surface area (Å²) in [7, 11) is 0. The highest BCUT2D eigenvalue weighted by Crippen LogP contribution is 2.10. The summed E-state index contributed by atoms with van der Waals surface area (Å²) in [4.78, 5) is 12.4. The number of nitrogens with zero attached hydrogens (tertiary/aromatic N) is 1. The van der Waals surface area contributed by atoms with Crippen molar-refractivity contribution in [2.24, 2.45) is 0 Å². The van der Waals surface area contributed by atoms with Crippen molar-refractivity contribution in [3.63, 3.8) is 0 Å². The van der Waals surface area contributed by atoms with Gasteiger partial charge in [0.15, 0.2) is 11.6 Å². The molecule has 0 aliphatic heterocycles. The Morgan fingerprint density at radius 3 is 2.58 bits per heavy atom. The minimum Gasteiger partial charge on any atom is -0.480 e. The Bertz CT molecular complexity index is 473. The van der Waals surface area contributed by atoms with Crippen LogP contribution in [0.5, 0.6) is 0 Å². The van der Waals surface area contributed by atoms with Gasteiger partial charge in [-0.25, -0.2) is 8.78 Å². The summed E-state index contributed by atoms with van der Waals surface area (Å²) in [5.41, 5.74) is 0.540. The molecule has 0 bridgehead atoms. The fraction of sp³-hybridized carbons (Fsp3) is 0.357. The van der Waals surface area contributed by atoms with E-state index in [1.807, 2.05) is 13.8 Å². The molecule has 0 unspecified atom stereocenters. The topological polar surface area (TPSA) is 40.5 Å². The molecule has 3 nitrogen and oxygen atoms in total. The van der Waals surface area contributed by atoms with Crippen LogP contribution in [0.2, 0.25) is 0 Å². The van der Waals surface area contributed by atoms with E-state index in [9.17, 15) is 13.6 Å². The van der Waals surface area contributed by atoms with Crippen LogP contribution in [0.15, 0.2) is 24.3 Å². The second-order valence-corrected chi connectivity index (χ2v) is 4.49. The molecule has 0 amide bonds. The molecule has 1 aromatic carbocycles. The van der Waals surface area contributed by atoms with Crippen LogP contribution >= 0.6 is 0 Å². The van der Waals surface area contributed by atoms with Crippen LogP contribution in [0.4, 0.5) is 8.78 Å². The Labute approximate surface area is 111 Å². The van der Waals surface area contributed by atoms with E-state index in [0.29, 0.717) is 12.1 Å². The average Bonchev–Trinajstić information content (AvgIpc) is 2.31. The number of hydrogen-bond donors (Lipinski definition) is 1. The van der Waals surface area contributed by atoms with Gasteiger partial charge in [-0.2, -0.15) is 0 Å². The number of benzene rings is 1. The number of carboxylic acids is 1. The number of halogens is 2. The summed E-state index contributed by atoms with van der Waals surface area (Å²) in [6, 6.07) is 3.71. The molecule has 1 N–H and O–H groups in total. The van der Waals surface area contributed by atoms with Gasteiger partial charge in [0.2, 0.25) is 0 Å². The largest absolute Gasteiger partial charge is 0.480 e. The van der Waals surface area contributed by atoms with Crippen LogP contribution in [-0.4, -0.2) is 35.1 Å². The molecule has 19 heavy (non-hydrogen) atoms. The van der Waals surface area contributed by atoms with Crippen molar-refractivity contribution in [2.45, 2.75) is 19.9 Å². The summed E-state index contributed by atoms with van der Waals surface area (Å²) >= 11 is 0. The minimum atomic E-state index is -0.895. The zero-order valence-electron chi connectivity index (χ0n) is 10.9. The highest BCUT2D eigenvalue weighted by molar-refractivity contribution is 5.69. The molecule has 1 aromatic rings. The van der Waals surface area contributed by atoms with Gasteiger partial charge in [0.25, 0.3) is 0 Å². The lowest BCUT2D eigenvalue weighted by Crippen LogP contribution is -2.35. The predicted octanol–water partition coefficient (Wildman–Crippen LogP) is 2.77. The molecule has 5 heteroatoms. The standard InChI is InChI=1S/C14H17F2NO2/c1-10(2)17(9-14(18)19)7-3-4-11-5-6-12(15)13(16)8-11/h3-6,8,10H,7,9H2,1-2H3,(H,18,19)/b4-3+. The van der Waals surface area contributed by atoms with Crippen molar-refractivity contribution < 1.29 is 18.7 Å². The molecule has 0 saturated carbocycles. The van der Waals surface area contributed by atoms with E-state index in [-0.39, 0.29) is 12.6 Å². The van der Waals surface area contributed by atoms with Crippen molar-refractivity contribution in [2.75, 3.05) is 13.1 Å². The van der Waals surface area contributed by atoms with Crippen molar-refractivity contribution in [1.29, 1.82) is 0 Å². The first-order chi connectivity index (χ1) is 8.90. The molecule has 0 spiro atoms. The Morgan fingerprint density at radius 2 is 2.05 bits per heavy atom. The highest BCUT2D eigenvalue weighted by Gasteiger charge is 2.11. The molecule has 1 rings (SSSR count). The number of rotatable bonds is 6. The molecule has 0 radical (unpaired) electrons. The molecule has 0 fully saturated rings. The van der Waals surface area contributed by atoms with Crippen LogP contribution in [0.1, 0.15) is 19.4 Å². The average molecular weight is 269 g/mol. The van der Waals surface area contributed by atoms with Gasteiger partial charge >= 0.3 is 5.97 Å². The summed E-state index contributed by atoms with van der Waals surface area (Å²) in [6.45, 7) is 4.17. The molecular formula is C14H17F2NO2. The van der Waals surface area contributed by atoms with Crippen molar-refractivity contribution >= 4 is 12.0 Å². The lowest BCUT2D eigenvalue weighted by atomic mass is 10.2. The van der Waals surface area contributed by atoms with E-state index in [1.54, 1.807) is 17.1 Å². The van der Waals surface area contributed by atoms with Crippen LogP contribution in [0.3, 0.4) is 0 Å². The summed E-state index contributed by atoms with van der Waals surface area (Å²) in [6.07, 6.45) is 3.37. The third-order valence-corrected chi connectivity index (χ3v) is 2.66. The van der Waals surface area contributed by atoms with E-state index in [2.05, 4.69) is 0 Å². The van der Waals surface area contributed by atoms with E-state index in [4.69, 9.17) is 5.11 Å². The van der Waals surface area contributed by atoms with Gasteiger partial charge < -0.3 is 5.11 Å². The van der Waals surface area contributed by atoms with Gasteiger partial charge in [-0.15, -0.1) is 0 Å². The molecule has 0 atom stereocenters. The number of aliphatic carboxylic acids is 1. The molecule has 104 valence electrons. The lowest BCUT2D eigenvalue weighted by Gasteiger charge is -2.22. The van der Waals surface area contributed by atoms with Gasteiger partial charge in [-0.05, 0) is 31.5 Å². The van der Waals surface area contributed by atoms with Crippen LogP contribution < -0.4 is 0 Å². The molecule has 0 aliphatic rings. The maximum Gasteiger partial charge on any atom is 0.317 e. The third kappa shape index (κ3) is 5.18. The minimum absolute atomic E-state index is 0.0558. The van der Waals surface area contributed by atoms with Crippen LogP contribution in [0, 0.1) is 11.6 Å². The second kappa shape index (κ2) is 6.99. The zero-order chi connectivity index (χ0) is 14.4. The maximum atomic E-state index is 13.0. The molecular weight excluding hydrogens is 252 g/mol. The first-order valence-corrected chi connectivity index (χ1v) is 5.97. The van der Waals surface area contributed by atoms with Gasteiger partial charge in [-0.3, -0.25) is 9.69 Å². The number of carboxylic acid groups (broad SMARTS) is 1. The molecule has 0 aliphatic carbocycles. The smallest absolute Gasteiger partial charge is 0.317 e. The molecule has 0 saturated heterocycles. The van der Waals surface area contributed by atoms with Crippen molar-refractivity contribution in [3.8, 4) is 0 Å². The van der Waals surface area contributed by atoms with Crippen LogP contribution in [0.25, 0.3) is 6.08 Å². The van der Waals surface area contributed by atoms with Gasteiger partial charge in [-0.1, -0.05) is 18.2 Å². The zero-order valence-corrected chi connectivity index (χ0v) is 10.9. The highest BCUT2D eigenvalue weighted by atomic mass is 19.2. The third-order valence-electron chi connectivity index (χ3n) is 2.66. The van der Waals surface area contributed by atoms with Gasteiger partial charge in [0, 0.05) is 12.6 Å². The SMILES string of the molecule is CC(C)N(C/C=C/c1ccc(F)c(F)c1)CC(=O)O. The summed E-state index contributed by atoms with van der Waals surface area (Å²) < 4.78 is 25.7. The van der Waals surface area contributed by atoms with Crippen molar-refractivity contribution in [3.05, 3.63) is 41.5 Å². The van der Waals surface area contributed by atoms with E-state index >= 15 is 0 Å². The molecule has 0 aromatic heterocycles. The normalized spacial score (nSPS) is 11.7. The lowest BCUT2D eigenvalue weighted by molar-refractivity contribution is -0.138. The fourth-order valence-electron chi connectivity index (χ4n) is 1.57. The molecule has 0 heterocycles. The second-order valence-electron chi connectivity index (χ2n) is 4.49. The number of carbonyl (C=O) groups is 1. The Balaban J connectivity index is 2.64. The summed E-state index contributed by atoms with van der Waals surface area (Å²) in [5, 5.41) is 8.76. The Hall–Kier alpha value is -1.75.